The molecule has 1 fully saturated rings. The molecule has 0 radical (unpaired) electrons. The minimum absolute atomic E-state index is 0.156. The van der Waals surface area contributed by atoms with Crippen molar-refractivity contribution in [1.29, 1.82) is 0 Å². The SMILES string of the molecule is CO/C=C(/C(=O)OC)c1ccccc1COc1cc(Cl)c(OC2CCCC2)c(Cl)c1. The summed E-state index contributed by atoms with van der Waals surface area (Å²) in [5.41, 5.74) is 1.74. The Morgan fingerprint density at radius 2 is 1.77 bits per heavy atom. The smallest absolute Gasteiger partial charge is 0.341 e. The minimum Gasteiger partial charge on any atom is -0.503 e. The molecule has 2 aromatic carbocycles. The molecule has 0 unspecified atom stereocenters. The molecule has 0 aliphatic heterocycles. The summed E-state index contributed by atoms with van der Waals surface area (Å²) in [6.07, 6.45) is 5.85. The van der Waals surface area contributed by atoms with Crippen LogP contribution in [0.1, 0.15) is 36.8 Å². The van der Waals surface area contributed by atoms with Crippen molar-refractivity contribution >= 4 is 34.7 Å². The number of carbonyl (C=O) groups excluding carboxylic acids is 1. The Balaban J connectivity index is 1.77. The highest BCUT2D eigenvalue weighted by Crippen LogP contribution is 2.39. The monoisotopic (exact) mass is 450 g/mol. The van der Waals surface area contributed by atoms with Crippen LogP contribution in [0.2, 0.25) is 10.0 Å². The van der Waals surface area contributed by atoms with Crippen LogP contribution in [0.4, 0.5) is 0 Å². The predicted octanol–water partition coefficient (Wildman–Crippen LogP) is 6.05. The van der Waals surface area contributed by atoms with E-state index in [-0.39, 0.29) is 12.7 Å². The van der Waals surface area contributed by atoms with E-state index in [4.69, 9.17) is 42.1 Å². The van der Waals surface area contributed by atoms with Crippen molar-refractivity contribution in [2.24, 2.45) is 0 Å². The number of carbonyl (C=O) groups is 1. The van der Waals surface area contributed by atoms with Gasteiger partial charge >= 0.3 is 5.97 Å². The fourth-order valence-corrected chi connectivity index (χ4v) is 3.98. The molecule has 160 valence electrons. The summed E-state index contributed by atoms with van der Waals surface area (Å²) in [7, 11) is 2.80. The van der Waals surface area contributed by atoms with E-state index in [0.29, 0.717) is 32.7 Å². The highest BCUT2D eigenvalue weighted by atomic mass is 35.5. The Labute approximate surface area is 186 Å². The van der Waals surface area contributed by atoms with E-state index in [9.17, 15) is 4.79 Å². The maximum Gasteiger partial charge on any atom is 0.341 e. The number of benzene rings is 2. The first kappa shape index (κ1) is 22.3. The summed E-state index contributed by atoms with van der Waals surface area (Å²) in [5.74, 6) is 0.506. The predicted molar refractivity (Wildman–Crippen MR) is 117 cm³/mol. The van der Waals surface area contributed by atoms with E-state index < -0.39 is 5.97 Å². The zero-order valence-corrected chi connectivity index (χ0v) is 18.5. The molecule has 1 saturated carbocycles. The fraction of sp³-hybridized carbons (Fsp3) is 0.348. The van der Waals surface area contributed by atoms with Gasteiger partial charge in [0.1, 0.15) is 17.9 Å². The largest absolute Gasteiger partial charge is 0.503 e. The van der Waals surface area contributed by atoms with Crippen molar-refractivity contribution in [3.8, 4) is 11.5 Å². The molecule has 0 atom stereocenters. The molecule has 0 heterocycles. The second-order valence-corrected chi connectivity index (χ2v) is 7.76. The second-order valence-electron chi connectivity index (χ2n) is 6.94. The van der Waals surface area contributed by atoms with Gasteiger partial charge in [0, 0.05) is 12.1 Å². The lowest BCUT2D eigenvalue weighted by Crippen LogP contribution is -2.11. The van der Waals surface area contributed by atoms with E-state index in [1.807, 2.05) is 18.2 Å². The van der Waals surface area contributed by atoms with Gasteiger partial charge in [0.25, 0.3) is 0 Å². The first-order valence-electron chi connectivity index (χ1n) is 9.71. The molecule has 2 aromatic rings. The van der Waals surface area contributed by atoms with E-state index >= 15 is 0 Å². The van der Waals surface area contributed by atoms with Gasteiger partial charge in [-0.05, 0) is 36.8 Å². The molecule has 1 aliphatic rings. The van der Waals surface area contributed by atoms with E-state index in [1.54, 1.807) is 18.2 Å². The quantitative estimate of drug-likeness (QED) is 0.278. The molecule has 7 heteroatoms. The number of rotatable bonds is 8. The van der Waals surface area contributed by atoms with Gasteiger partial charge in [-0.3, -0.25) is 0 Å². The van der Waals surface area contributed by atoms with E-state index in [2.05, 4.69) is 0 Å². The third kappa shape index (κ3) is 5.41. The molecule has 0 bridgehead atoms. The summed E-state index contributed by atoms with van der Waals surface area (Å²) in [6, 6.07) is 10.7. The van der Waals surface area contributed by atoms with Crippen molar-refractivity contribution in [3.63, 3.8) is 0 Å². The molecule has 3 rings (SSSR count). The van der Waals surface area contributed by atoms with Gasteiger partial charge in [-0.1, -0.05) is 47.5 Å². The van der Waals surface area contributed by atoms with Crippen LogP contribution in [-0.4, -0.2) is 26.3 Å². The molecule has 0 spiro atoms. The number of hydrogen-bond acceptors (Lipinski definition) is 5. The molecule has 1 aliphatic carbocycles. The van der Waals surface area contributed by atoms with Crippen LogP contribution in [0, 0.1) is 0 Å². The zero-order valence-electron chi connectivity index (χ0n) is 17.0. The lowest BCUT2D eigenvalue weighted by atomic mass is 10.0. The molecule has 30 heavy (non-hydrogen) atoms. The molecule has 5 nitrogen and oxygen atoms in total. The maximum absolute atomic E-state index is 12.1. The summed E-state index contributed by atoms with van der Waals surface area (Å²) >= 11 is 12.8. The first-order chi connectivity index (χ1) is 14.5. The van der Waals surface area contributed by atoms with Crippen molar-refractivity contribution in [3.05, 3.63) is 63.8 Å². The highest BCUT2D eigenvalue weighted by Gasteiger charge is 2.21. The summed E-state index contributed by atoms with van der Waals surface area (Å²) in [5, 5.41) is 0.819. The van der Waals surface area contributed by atoms with Crippen LogP contribution < -0.4 is 9.47 Å². The summed E-state index contributed by atoms with van der Waals surface area (Å²) < 4.78 is 21.8. The van der Waals surface area contributed by atoms with Gasteiger partial charge in [0.05, 0.1) is 36.6 Å². The average Bonchev–Trinajstić information content (AvgIpc) is 3.26. The van der Waals surface area contributed by atoms with Gasteiger partial charge in [0.15, 0.2) is 5.75 Å². The third-order valence-corrected chi connectivity index (χ3v) is 5.46. The van der Waals surface area contributed by atoms with Gasteiger partial charge < -0.3 is 18.9 Å². The van der Waals surface area contributed by atoms with Crippen LogP contribution in [0.5, 0.6) is 11.5 Å². The Morgan fingerprint density at radius 3 is 2.40 bits per heavy atom. The lowest BCUT2D eigenvalue weighted by Gasteiger charge is -2.17. The maximum atomic E-state index is 12.1. The number of hydrogen-bond donors (Lipinski definition) is 0. The molecule has 0 amide bonds. The fourth-order valence-electron chi connectivity index (χ4n) is 3.42. The topological polar surface area (TPSA) is 54.0 Å². The summed E-state index contributed by atoms with van der Waals surface area (Å²) in [6.45, 7) is 0.198. The molecule has 0 saturated heterocycles. The Bertz CT molecular complexity index is 897. The van der Waals surface area contributed by atoms with Crippen LogP contribution in [-0.2, 0) is 20.9 Å². The average molecular weight is 451 g/mol. The third-order valence-electron chi connectivity index (χ3n) is 4.90. The van der Waals surface area contributed by atoms with Crippen molar-refractivity contribution in [1.82, 2.24) is 0 Å². The van der Waals surface area contributed by atoms with Crippen LogP contribution in [0.15, 0.2) is 42.7 Å². The number of esters is 1. The van der Waals surface area contributed by atoms with Crippen LogP contribution >= 0.6 is 23.2 Å². The number of halogens is 2. The molecule has 0 aromatic heterocycles. The number of methoxy groups -OCH3 is 2. The summed E-state index contributed by atoms with van der Waals surface area (Å²) in [4.78, 5) is 12.1. The van der Waals surface area contributed by atoms with Gasteiger partial charge in [-0.25, -0.2) is 4.79 Å². The molecular formula is C23H24Cl2O5. The Hall–Kier alpha value is -2.37. The highest BCUT2D eigenvalue weighted by molar-refractivity contribution is 6.37. The van der Waals surface area contributed by atoms with E-state index in [1.165, 1.54) is 20.5 Å². The molecular weight excluding hydrogens is 427 g/mol. The van der Waals surface area contributed by atoms with Gasteiger partial charge in [-0.15, -0.1) is 0 Å². The van der Waals surface area contributed by atoms with Crippen LogP contribution in [0.3, 0.4) is 0 Å². The standard InChI is InChI=1S/C23H24Cl2O5/c1-27-14-19(23(26)28-2)18-10-6-3-7-15(18)13-29-17-11-20(24)22(21(25)12-17)30-16-8-4-5-9-16/h3,6-7,10-12,14,16H,4-5,8-9,13H2,1-2H3/b19-14+. The van der Waals surface area contributed by atoms with Crippen molar-refractivity contribution < 1.29 is 23.7 Å². The Morgan fingerprint density at radius 1 is 1.10 bits per heavy atom. The first-order valence-corrected chi connectivity index (χ1v) is 10.5. The van der Waals surface area contributed by atoms with Crippen LogP contribution in [0.25, 0.3) is 5.57 Å². The van der Waals surface area contributed by atoms with Gasteiger partial charge in [0.2, 0.25) is 0 Å². The van der Waals surface area contributed by atoms with Gasteiger partial charge in [-0.2, -0.15) is 0 Å². The zero-order chi connectivity index (χ0) is 21.5. The lowest BCUT2D eigenvalue weighted by molar-refractivity contribution is -0.133. The number of ether oxygens (including phenoxy) is 4. The van der Waals surface area contributed by atoms with E-state index in [0.717, 1.165) is 31.2 Å². The Kier molecular flexibility index (Phi) is 7.88. The normalized spacial score (nSPS) is 14.5. The van der Waals surface area contributed by atoms with Crippen molar-refractivity contribution in [2.45, 2.75) is 38.4 Å². The molecule has 0 N–H and O–H groups in total. The van der Waals surface area contributed by atoms with Crippen molar-refractivity contribution in [2.75, 3.05) is 14.2 Å². The second kappa shape index (κ2) is 10.6. The minimum atomic E-state index is -0.496.